The van der Waals surface area contributed by atoms with Crippen molar-refractivity contribution in [2.24, 2.45) is 0 Å². The Labute approximate surface area is 133 Å². The lowest BCUT2D eigenvalue weighted by atomic mass is 10.2. The number of hydrogen-bond donors (Lipinski definition) is 2. The summed E-state index contributed by atoms with van der Waals surface area (Å²) in [5.41, 5.74) is -0.708. The molecule has 23 heavy (non-hydrogen) atoms. The zero-order valence-corrected chi connectivity index (χ0v) is 13.4. The summed E-state index contributed by atoms with van der Waals surface area (Å²) in [6, 6.07) is 1.66. The van der Waals surface area contributed by atoms with Gasteiger partial charge in [-0.05, 0) is 32.9 Å². The molecule has 0 aliphatic carbocycles. The van der Waals surface area contributed by atoms with Crippen LogP contribution in [0.3, 0.4) is 0 Å². The van der Waals surface area contributed by atoms with Crippen molar-refractivity contribution in [3.63, 3.8) is 0 Å². The molecule has 0 radical (unpaired) electrons. The SMILES string of the molecule is CC(C)(C)OC(=O)N1CCOC[C@@H]1C(=N)n1cc(F)ccc1=N. The molecule has 0 bridgehead atoms. The summed E-state index contributed by atoms with van der Waals surface area (Å²) in [6.45, 7) is 5.98. The maximum atomic E-state index is 13.4. The number of rotatable bonds is 1. The summed E-state index contributed by atoms with van der Waals surface area (Å²) in [6.07, 6.45) is 0.492. The van der Waals surface area contributed by atoms with E-state index in [4.69, 9.17) is 20.3 Å². The molecule has 0 aromatic carbocycles. The lowest BCUT2D eigenvalue weighted by Crippen LogP contribution is -2.56. The Morgan fingerprint density at radius 1 is 1.43 bits per heavy atom. The Morgan fingerprint density at radius 3 is 2.78 bits per heavy atom. The lowest BCUT2D eigenvalue weighted by Gasteiger charge is -2.36. The highest BCUT2D eigenvalue weighted by Gasteiger charge is 2.34. The van der Waals surface area contributed by atoms with Gasteiger partial charge in [0.15, 0.2) is 0 Å². The lowest BCUT2D eigenvalue weighted by molar-refractivity contribution is -0.0186. The van der Waals surface area contributed by atoms with E-state index in [1.165, 1.54) is 11.0 Å². The number of halogens is 1. The predicted octanol–water partition coefficient (Wildman–Crippen LogP) is 1.57. The highest BCUT2D eigenvalue weighted by molar-refractivity contribution is 5.89. The normalized spacial score (nSPS) is 18.6. The molecule has 2 heterocycles. The van der Waals surface area contributed by atoms with Crippen LogP contribution < -0.4 is 5.49 Å². The molecule has 7 nitrogen and oxygen atoms in total. The van der Waals surface area contributed by atoms with E-state index in [2.05, 4.69) is 0 Å². The summed E-state index contributed by atoms with van der Waals surface area (Å²) in [5, 5.41) is 16.1. The molecule has 1 atom stereocenters. The maximum absolute atomic E-state index is 13.4. The van der Waals surface area contributed by atoms with Crippen molar-refractivity contribution in [1.29, 1.82) is 10.8 Å². The zero-order chi connectivity index (χ0) is 17.2. The summed E-state index contributed by atoms with van der Waals surface area (Å²) in [5.74, 6) is -0.675. The fourth-order valence-electron chi connectivity index (χ4n) is 2.20. The number of nitrogens with one attached hydrogen (secondary N) is 2. The van der Waals surface area contributed by atoms with Crippen LogP contribution in [0.4, 0.5) is 9.18 Å². The van der Waals surface area contributed by atoms with Crippen molar-refractivity contribution in [1.82, 2.24) is 9.47 Å². The Balaban J connectivity index is 2.27. The van der Waals surface area contributed by atoms with E-state index >= 15 is 0 Å². The van der Waals surface area contributed by atoms with Crippen molar-refractivity contribution in [2.75, 3.05) is 19.8 Å². The van der Waals surface area contributed by atoms with Gasteiger partial charge >= 0.3 is 6.09 Å². The van der Waals surface area contributed by atoms with Gasteiger partial charge in [0, 0.05) is 12.7 Å². The third-order valence-corrected chi connectivity index (χ3v) is 3.24. The van der Waals surface area contributed by atoms with Crippen LogP contribution in [0.2, 0.25) is 0 Å². The summed E-state index contributed by atoms with van der Waals surface area (Å²) >= 11 is 0. The number of carbonyl (C=O) groups excluding carboxylic acids is 1. The smallest absolute Gasteiger partial charge is 0.411 e. The van der Waals surface area contributed by atoms with E-state index in [1.54, 1.807) is 20.8 Å². The minimum atomic E-state index is -0.741. The Bertz CT molecular complexity index is 665. The topological polar surface area (TPSA) is 91.4 Å². The molecule has 1 aliphatic heterocycles. The molecule has 0 spiro atoms. The van der Waals surface area contributed by atoms with Crippen LogP contribution in [0.25, 0.3) is 0 Å². The molecule has 1 fully saturated rings. The minimum absolute atomic E-state index is 0.0499. The van der Waals surface area contributed by atoms with E-state index < -0.39 is 23.6 Å². The molecular weight excluding hydrogens is 303 g/mol. The average Bonchev–Trinajstić information content (AvgIpc) is 2.47. The summed E-state index contributed by atoms with van der Waals surface area (Å²) in [7, 11) is 0. The number of morpholine rings is 1. The Hall–Kier alpha value is -2.22. The van der Waals surface area contributed by atoms with Gasteiger partial charge in [-0.2, -0.15) is 0 Å². The summed E-state index contributed by atoms with van der Waals surface area (Å²) in [4.78, 5) is 13.7. The fraction of sp³-hybridized carbons (Fsp3) is 0.533. The highest BCUT2D eigenvalue weighted by Crippen LogP contribution is 2.15. The van der Waals surface area contributed by atoms with E-state index in [9.17, 15) is 9.18 Å². The van der Waals surface area contributed by atoms with Gasteiger partial charge in [-0.3, -0.25) is 20.3 Å². The number of carbonyl (C=O) groups is 1. The molecule has 0 unspecified atom stereocenters. The van der Waals surface area contributed by atoms with Crippen LogP contribution >= 0.6 is 0 Å². The van der Waals surface area contributed by atoms with Gasteiger partial charge in [-0.15, -0.1) is 0 Å². The second-order valence-corrected chi connectivity index (χ2v) is 6.25. The number of pyridine rings is 1. The molecule has 8 heteroatoms. The van der Waals surface area contributed by atoms with Gasteiger partial charge in [0.25, 0.3) is 0 Å². The number of amides is 1. The quantitative estimate of drug-likeness (QED) is 0.607. The van der Waals surface area contributed by atoms with E-state index in [0.29, 0.717) is 6.61 Å². The van der Waals surface area contributed by atoms with E-state index in [0.717, 1.165) is 16.8 Å². The first-order valence-electron chi connectivity index (χ1n) is 7.28. The first kappa shape index (κ1) is 17.1. The minimum Gasteiger partial charge on any atom is -0.444 e. The van der Waals surface area contributed by atoms with Crippen LogP contribution in [-0.4, -0.2) is 52.8 Å². The molecule has 1 aliphatic rings. The monoisotopic (exact) mass is 324 g/mol. The second kappa shape index (κ2) is 6.49. The first-order valence-corrected chi connectivity index (χ1v) is 7.28. The third-order valence-electron chi connectivity index (χ3n) is 3.24. The van der Waals surface area contributed by atoms with Gasteiger partial charge in [0.05, 0.1) is 13.2 Å². The number of ether oxygens (including phenoxy) is 2. The Morgan fingerprint density at radius 2 is 2.13 bits per heavy atom. The van der Waals surface area contributed by atoms with E-state index in [-0.39, 0.29) is 24.5 Å². The zero-order valence-electron chi connectivity index (χ0n) is 13.4. The standard InChI is InChI=1S/C15H21FN4O3/c1-15(2,3)23-14(21)19-6-7-22-9-11(19)13(18)20-8-10(16)4-5-12(20)17/h4-5,8,11,17-18H,6-7,9H2,1-3H3/t11-/m1/s1. The molecule has 1 amide bonds. The largest absolute Gasteiger partial charge is 0.444 e. The molecule has 1 aromatic rings. The third kappa shape index (κ3) is 4.16. The van der Waals surface area contributed by atoms with Crippen LogP contribution in [0.5, 0.6) is 0 Å². The van der Waals surface area contributed by atoms with E-state index in [1.807, 2.05) is 0 Å². The summed E-state index contributed by atoms with van der Waals surface area (Å²) < 4.78 is 25.2. The molecule has 0 saturated carbocycles. The maximum Gasteiger partial charge on any atom is 0.411 e. The van der Waals surface area contributed by atoms with Crippen molar-refractivity contribution >= 4 is 11.9 Å². The number of hydrogen-bond acceptors (Lipinski definition) is 5. The van der Waals surface area contributed by atoms with Gasteiger partial charge in [0.1, 0.15) is 28.8 Å². The van der Waals surface area contributed by atoms with Crippen molar-refractivity contribution in [2.45, 2.75) is 32.4 Å². The molecule has 1 saturated heterocycles. The molecule has 126 valence electrons. The van der Waals surface area contributed by atoms with Crippen LogP contribution in [0, 0.1) is 16.6 Å². The van der Waals surface area contributed by atoms with Gasteiger partial charge in [0.2, 0.25) is 0 Å². The van der Waals surface area contributed by atoms with Crippen molar-refractivity contribution < 1.29 is 18.7 Å². The highest BCUT2D eigenvalue weighted by atomic mass is 19.1. The second-order valence-electron chi connectivity index (χ2n) is 6.25. The van der Waals surface area contributed by atoms with Crippen molar-refractivity contribution in [3.8, 4) is 0 Å². The van der Waals surface area contributed by atoms with Crippen LogP contribution in [0.1, 0.15) is 20.8 Å². The van der Waals surface area contributed by atoms with Gasteiger partial charge < -0.3 is 9.47 Å². The van der Waals surface area contributed by atoms with Gasteiger partial charge in [-0.1, -0.05) is 0 Å². The molecule has 1 aromatic heterocycles. The van der Waals surface area contributed by atoms with Gasteiger partial charge in [-0.25, -0.2) is 9.18 Å². The fourth-order valence-corrected chi connectivity index (χ4v) is 2.20. The molecular formula is C15H21FN4O3. The number of aromatic nitrogens is 1. The van der Waals surface area contributed by atoms with Crippen LogP contribution in [0.15, 0.2) is 18.3 Å². The first-order chi connectivity index (χ1) is 10.7. The molecule has 2 N–H and O–H groups in total. The number of nitrogens with zero attached hydrogens (tertiary/aromatic N) is 2. The average molecular weight is 324 g/mol. The van der Waals surface area contributed by atoms with Crippen molar-refractivity contribution in [3.05, 3.63) is 29.6 Å². The molecule has 2 rings (SSSR count). The van der Waals surface area contributed by atoms with Crippen LogP contribution in [-0.2, 0) is 9.47 Å². The predicted molar refractivity (Wildman–Crippen MR) is 80.9 cm³/mol. The Kier molecular flexibility index (Phi) is 4.84.